The van der Waals surface area contributed by atoms with E-state index in [-0.39, 0.29) is 11.6 Å². The molecule has 3 aromatic rings. The summed E-state index contributed by atoms with van der Waals surface area (Å²) in [6.07, 6.45) is 2.31. The summed E-state index contributed by atoms with van der Waals surface area (Å²) in [5.41, 5.74) is 0.681. The first-order valence-corrected chi connectivity index (χ1v) is 10.4. The number of carbonyl (C=O) groups is 1. The Bertz CT molecular complexity index is 1080. The van der Waals surface area contributed by atoms with Crippen molar-refractivity contribution in [2.75, 3.05) is 25.1 Å². The van der Waals surface area contributed by atoms with Crippen molar-refractivity contribution in [3.05, 3.63) is 51.9 Å². The molecule has 1 fully saturated rings. The van der Waals surface area contributed by atoms with Gasteiger partial charge in [0.05, 0.1) is 7.11 Å². The molecule has 1 aromatic carbocycles. The van der Waals surface area contributed by atoms with Crippen molar-refractivity contribution < 1.29 is 9.53 Å². The molecule has 1 aliphatic rings. The fourth-order valence-electron chi connectivity index (χ4n) is 3.47. The van der Waals surface area contributed by atoms with Crippen molar-refractivity contribution in [3.63, 3.8) is 0 Å². The van der Waals surface area contributed by atoms with Gasteiger partial charge >= 0.3 is 0 Å². The van der Waals surface area contributed by atoms with Crippen LogP contribution in [0, 0.1) is 5.92 Å². The van der Waals surface area contributed by atoms with Crippen molar-refractivity contribution in [1.29, 1.82) is 0 Å². The zero-order valence-corrected chi connectivity index (χ0v) is 17.2. The molecule has 1 saturated heterocycles. The molecule has 8 nitrogen and oxygen atoms in total. The minimum atomic E-state index is -0.443. The Morgan fingerprint density at radius 3 is 2.86 bits per heavy atom. The first kappa shape index (κ1) is 19.4. The summed E-state index contributed by atoms with van der Waals surface area (Å²) in [4.78, 5) is 31.5. The predicted molar refractivity (Wildman–Crippen MR) is 112 cm³/mol. The van der Waals surface area contributed by atoms with Gasteiger partial charge in [0.25, 0.3) is 11.5 Å². The lowest BCUT2D eigenvalue weighted by Gasteiger charge is -2.30. The summed E-state index contributed by atoms with van der Waals surface area (Å²) in [5, 5.41) is 8.24. The van der Waals surface area contributed by atoms with E-state index in [0.29, 0.717) is 17.4 Å². The molecule has 1 atom stereocenters. The van der Waals surface area contributed by atoms with Crippen molar-refractivity contribution in [2.24, 2.45) is 5.92 Å². The van der Waals surface area contributed by atoms with E-state index in [1.54, 1.807) is 7.11 Å². The fraction of sp³-hybridized carbons (Fsp3) is 0.400. The zero-order chi connectivity index (χ0) is 20.4. The maximum Gasteiger partial charge on any atom is 0.274 e. The normalized spacial score (nSPS) is 16.8. The van der Waals surface area contributed by atoms with Gasteiger partial charge in [-0.1, -0.05) is 30.4 Å². The highest BCUT2D eigenvalue weighted by atomic mass is 32.1. The number of aromatic nitrogens is 3. The lowest BCUT2D eigenvalue weighted by atomic mass is 10.0. The van der Waals surface area contributed by atoms with E-state index >= 15 is 0 Å². The predicted octanol–water partition coefficient (Wildman–Crippen LogP) is 2.33. The number of anilines is 1. The number of methoxy groups -OCH3 is 1. The van der Waals surface area contributed by atoms with Gasteiger partial charge in [-0.25, -0.2) is 0 Å². The second kappa shape index (κ2) is 8.20. The number of benzene rings is 1. The largest absolute Gasteiger partial charge is 0.497 e. The maximum absolute atomic E-state index is 12.8. The number of hydrogen-bond donors (Lipinski definition) is 1. The van der Waals surface area contributed by atoms with Crippen LogP contribution in [0.5, 0.6) is 5.75 Å². The minimum Gasteiger partial charge on any atom is -0.497 e. The Morgan fingerprint density at radius 2 is 2.14 bits per heavy atom. The smallest absolute Gasteiger partial charge is 0.274 e. The van der Waals surface area contributed by atoms with Gasteiger partial charge in [0.1, 0.15) is 11.4 Å². The molecular weight excluding hydrogens is 390 g/mol. The van der Waals surface area contributed by atoms with Gasteiger partial charge in [-0.3, -0.25) is 9.59 Å². The molecule has 2 aromatic heterocycles. The molecule has 0 bridgehead atoms. The zero-order valence-electron chi connectivity index (χ0n) is 16.4. The number of hydrogen-bond acceptors (Lipinski definition) is 7. The molecule has 4 rings (SSSR count). The fourth-order valence-corrected chi connectivity index (χ4v) is 4.42. The Hall–Kier alpha value is -2.94. The Labute approximate surface area is 172 Å². The lowest BCUT2D eigenvalue weighted by Crippen LogP contribution is -2.34. The van der Waals surface area contributed by atoms with E-state index in [9.17, 15) is 9.59 Å². The van der Waals surface area contributed by atoms with Crippen molar-refractivity contribution in [2.45, 2.75) is 26.3 Å². The van der Waals surface area contributed by atoms with E-state index < -0.39 is 5.56 Å². The molecule has 0 spiro atoms. The minimum absolute atomic E-state index is 0.195. The summed E-state index contributed by atoms with van der Waals surface area (Å²) >= 11 is 1.34. The Kier molecular flexibility index (Phi) is 5.48. The summed E-state index contributed by atoms with van der Waals surface area (Å²) in [6.45, 7) is 4.40. The van der Waals surface area contributed by atoms with E-state index in [2.05, 4.69) is 27.2 Å². The van der Waals surface area contributed by atoms with Crippen molar-refractivity contribution >= 4 is 27.3 Å². The van der Waals surface area contributed by atoms with Crippen molar-refractivity contribution in [3.8, 4) is 5.75 Å². The van der Waals surface area contributed by atoms with Crippen LogP contribution in [-0.2, 0) is 6.54 Å². The molecule has 1 unspecified atom stereocenters. The molecule has 1 amide bonds. The number of ether oxygens (including phenoxy) is 1. The van der Waals surface area contributed by atoms with Crippen LogP contribution < -0.4 is 20.5 Å². The third-order valence-corrected chi connectivity index (χ3v) is 5.99. The van der Waals surface area contributed by atoms with Crippen molar-refractivity contribution in [1.82, 2.24) is 19.9 Å². The summed E-state index contributed by atoms with van der Waals surface area (Å²) in [6, 6.07) is 8.67. The molecule has 29 heavy (non-hydrogen) atoms. The number of rotatable bonds is 5. The number of nitrogens with zero attached hydrogens (tertiary/aromatic N) is 4. The monoisotopic (exact) mass is 413 g/mol. The molecule has 0 aliphatic carbocycles. The summed E-state index contributed by atoms with van der Waals surface area (Å²) < 4.78 is 6.62. The number of nitrogens with one attached hydrogen (secondary N) is 1. The molecule has 0 saturated carbocycles. The number of fused-ring (bicyclic) bond motifs is 1. The lowest BCUT2D eigenvalue weighted by molar-refractivity contribution is 0.0943. The van der Waals surface area contributed by atoms with Crippen LogP contribution >= 0.6 is 11.3 Å². The Morgan fingerprint density at radius 1 is 1.34 bits per heavy atom. The first-order valence-electron chi connectivity index (χ1n) is 9.60. The van der Waals surface area contributed by atoms with Gasteiger partial charge in [0.15, 0.2) is 0 Å². The van der Waals surface area contributed by atoms with Gasteiger partial charge in [-0.2, -0.15) is 9.50 Å². The van der Waals surface area contributed by atoms with Gasteiger partial charge in [-0.05, 0) is 36.5 Å². The van der Waals surface area contributed by atoms with Crippen LogP contribution in [0.25, 0.3) is 4.96 Å². The van der Waals surface area contributed by atoms with E-state index in [0.717, 1.165) is 36.0 Å². The molecule has 3 heterocycles. The standard InChI is InChI=1S/C20H23N5O3S/c1-13-4-3-9-24(12-13)20-23-25-16(10-17(26)22-19(25)29-20)18(27)21-11-14-5-7-15(28-2)8-6-14/h5-8,10,13H,3-4,9,11-12H2,1-2H3,(H,21,27). The summed E-state index contributed by atoms with van der Waals surface area (Å²) in [7, 11) is 1.61. The highest BCUT2D eigenvalue weighted by Crippen LogP contribution is 2.27. The number of amides is 1. The molecule has 9 heteroatoms. The third-order valence-electron chi connectivity index (χ3n) is 5.02. The third kappa shape index (κ3) is 4.24. The van der Waals surface area contributed by atoms with Crippen LogP contribution in [0.1, 0.15) is 35.8 Å². The molecule has 1 N–H and O–H groups in total. The average molecular weight is 414 g/mol. The van der Waals surface area contributed by atoms with Crippen LogP contribution in [0.2, 0.25) is 0 Å². The van der Waals surface area contributed by atoms with E-state index in [1.165, 1.54) is 28.3 Å². The highest BCUT2D eigenvalue weighted by Gasteiger charge is 2.22. The van der Waals surface area contributed by atoms with Crippen LogP contribution in [-0.4, -0.2) is 40.7 Å². The molecule has 0 radical (unpaired) electrons. The highest BCUT2D eigenvalue weighted by molar-refractivity contribution is 7.20. The Balaban J connectivity index is 1.56. The van der Waals surface area contributed by atoms with E-state index in [4.69, 9.17) is 4.74 Å². The number of carbonyl (C=O) groups excluding carboxylic acids is 1. The SMILES string of the molecule is COc1ccc(CNC(=O)c2cc(=O)nc3sc(N4CCCC(C)C4)nn23)cc1. The van der Waals surface area contributed by atoms with Gasteiger partial charge in [-0.15, -0.1) is 5.10 Å². The van der Waals surface area contributed by atoms with Gasteiger partial charge < -0.3 is 15.0 Å². The van der Waals surface area contributed by atoms with Gasteiger partial charge in [0, 0.05) is 25.7 Å². The van der Waals surface area contributed by atoms with Crippen LogP contribution in [0.3, 0.4) is 0 Å². The first-order chi connectivity index (χ1) is 14.0. The number of piperidine rings is 1. The van der Waals surface area contributed by atoms with Crippen LogP contribution in [0.15, 0.2) is 35.1 Å². The second-order valence-corrected chi connectivity index (χ2v) is 8.22. The quantitative estimate of drug-likeness (QED) is 0.691. The van der Waals surface area contributed by atoms with Crippen LogP contribution in [0.4, 0.5) is 5.13 Å². The average Bonchev–Trinajstić information content (AvgIpc) is 3.15. The maximum atomic E-state index is 12.8. The molecule has 1 aliphatic heterocycles. The van der Waals surface area contributed by atoms with E-state index in [1.807, 2.05) is 24.3 Å². The molecular formula is C20H23N5O3S. The summed E-state index contributed by atoms with van der Waals surface area (Å²) in [5.74, 6) is 0.986. The topological polar surface area (TPSA) is 88.8 Å². The van der Waals surface area contributed by atoms with Gasteiger partial charge in [0.2, 0.25) is 10.1 Å². The molecule has 152 valence electrons. The second-order valence-electron chi connectivity index (χ2n) is 7.28.